The van der Waals surface area contributed by atoms with Crippen LogP contribution in [0.1, 0.15) is 27.2 Å². The van der Waals surface area contributed by atoms with Crippen LogP contribution in [0.5, 0.6) is 0 Å². The van der Waals surface area contributed by atoms with Crippen LogP contribution in [0.3, 0.4) is 0 Å². The molecule has 0 radical (unpaired) electrons. The molecule has 1 saturated heterocycles. The molecule has 1 aliphatic heterocycles. The van der Waals surface area contributed by atoms with Gasteiger partial charge in [-0.15, -0.1) is 0 Å². The van der Waals surface area contributed by atoms with E-state index in [1.54, 1.807) is 6.92 Å². The molecule has 2 rings (SSSR count). The number of hydrogen-bond donors (Lipinski definition) is 1. The highest BCUT2D eigenvalue weighted by molar-refractivity contribution is 8.00. The summed E-state index contributed by atoms with van der Waals surface area (Å²) in [6.07, 6.45) is 1.01. The molecule has 0 aromatic carbocycles. The van der Waals surface area contributed by atoms with Gasteiger partial charge in [0.25, 0.3) is 0 Å². The fourth-order valence-electron chi connectivity index (χ4n) is 2.15. The van der Waals surface area contributed by atoms with Crippen molar-refractivity contribution in [1.82, 2.24) is 4.37 Å². The van der Waals surface area contributed by atoms with E-state index in [2.05, 4.69) is 23.1 Å². The van der Waals surface area contributed by atoms with Crippen molar-refractivity contribution in [2.75, 3.05) is 35.2 Å². The summed E-state index contributed by atoms with van der Waals surface area (Å²) in [5.74, 6) is 1.18. The SMILES string of the molecule is CCS(=O)(=O)c1c(N)nsc1N1CCSC(C)(C)CC1. The van der Waals surface area contributed by atoms with Crippen LogP contribution in [0, 0.1) is 0 Å². The minimum Gasteiger partial charge on any atom is -0.382 e. The molecule has 1 aromatic heterocycles. The topological polar surface area (TPSA) is 76.3 Å². The molecule has 0 bridgehead atoms. The van der Waals surface area contributed by atoms with Crippen LogP contribution in [0.25, 0.3) is 0 Å². The summed E-state index contributed by atoms with van der Waals surface area (Å²) in [5, 5.41) is 0.711. The number of anilines is 2. The maximum Gasteiger partial charge on any atom is 0.184 e. The summed E-state index contributed by atoms with van der Waals surface area (Å²) in [7, 11) is -3.33. The second-order valence-electron chi connectivity index (χ2n) is 5.45. The second-order valence-corrected chi connectivity index (χ2v) is 10.2. The number of nitrogen functional groups attached to an aromatic ring is 1. The van der Waals surface area contributed by atoms with Gasteiger partial charge < -0.3 is 10.6 Å². The van der Waals surface area contributed by atoms with Crippen LogP contribution in [-0.2, 0) is 9.84 Å². The minimum atomic E-state index is -3.33. The monoisotopic (exact) mass is 335 g/mol. The Morgan fingerprint density at radius 3 is 2.75 bits per heavy atom. The van der Waals surface area contributed by atoms with Crippen molar-refractivity contribution in [2.45, 2.75) is 36.8 Å². The number of thioether (sulfide) groups is 1. The van der Waals surface area contributed by atoms with Crippen LogP contribution in [-0.4, -0.2) is 42.1 Å². The molecule has 2 N–H and O–H groups in total. The van der Waals surface area contributed by atoms with Gasteiger partial charge in [-0.3, -0.25) is 0 Å². The van der Waals surface area contributed by atoms with Gasteiger partial charge in [0.15, 0.2) is 15.7 Å². The third kappa shape index (κ3) is 3.23. The summed E-state index contributed by atoms with van der Waals surface area (Å²) in [6, 6.07) is 0. The van der Waals surface area contributed by atoms with Crippen LogP contribution in [0.15, 0.2) is 4.90 Å². The fourth-order valence-corrected chi connectivity index (χ4v) is 5.61. The van der Waals surface area contributed by atoms with E-state index in [1.807, 2.05) is 11.8 Å². The Bertz CT molecular complexity index is 581. The smallest absolute Gasteiger partial charge is 0.184 e. The van der Waals surface area contributed by atoms with Gasteiger partial charge in [0, 0.05) is 23.6 Å². The molecule has 114 valence electrons. The molecule has 2 heterocycles. The Morgan fingerprint density at radius 1 is 1.40 bits per heavy atom. The molecule has 0 spiro atoms. The summed E-state index contributed by atoms with van der Waals surface area (Å²) in [5.41, 5.74) is 5.79. The first-order valence-electron chi connectivity index (χ1n) is 6.63. The molecule has 0 saturated carbocycles. The number of nitrogens with two attached hydrogens (primary N) is 1. The highest BCUT2D eigenvalue weighted by atomic mass is 32.2. The van der Waals surface area contributed by atoms with Gasteiger partial charge in [-0.2, -0.15) is 16.1 Å². The lowest BCUT2D eigenvalue weighted by Gasteiger charge is -2.23. The molecule has 1 fully saturated rings. The molecule has 1 aliphatic rings. The Kier molecular flexibility index (Phi) is 4.56. The molecule has 0 unspecified atom stereocenters. The average molecular weight is 336 g/mol. The van der Waals surface area contributed by atoms with E-state index < -0.39 is 9.84 Å². The van der Waals surface area contributed by atoms with Crippen LogP contribution >= 0.6 is 23.3 Å². The Balaban J connectivity index is 2.35. The first-order valence-corrected chi connectivity index (χ1v) is 10.0. The van der Waals surface area contributed by atoms with E-state index in [9.17, 15) is 8.42 Å². The molecule has 1 aromatic rings. The second kappa shape index (κ2) is 5.73. The lowest BCUT2D eigenvalue weighted by atomic mass is 10.1. The number of sulfone groups is 1. The van der Waals surface area contributed by atoms with Crippen LogP contribution in [0.2, 0.25) is 0 Å². The fraction of sp³-hybridized carbons (Fsp3) is 0.750. The van der Waals surface area contributed by atoms with Crippen molar-refractivity contribution in [1.29, 1.82) is 0 Å². The Morgan fingerprint density at radius 2 is 2.10 bits per heavy atom. The van der Waals surface area contributed by atoms with Crippen molar-refractivity contribution in [3.63, 3.8) is 0 Å². The van der Waals surface area contributed by atoms with E-state index in [0.717, 1.165) is 25.3 Å². The standard InChI is InChI=1S/C12H21N3O2S3/c1-4-20(16,17)9-10(13)14-19-11(9)15-6-5-12(2,3)18-8-7-15/h4-8H2,1-3H3,(H2,13,14). The molecule has 0 aliphatic carbocycles. The zero-order valence-corrected chi connectivity index (χ0v) is 14.5. The Labute approximate surface area is 129 Å². The van der Waals surface area contributed by atoms with Gasteiger partial charge in [0.2, 0.25) is 0 Å². The molecule has 0 atom stereocenters. The van der Waals surface area contributed by atoms with Crippen molar-refractivity contribution < 1.29 is 8.42 Å². The molecule has 0 amide bonds. The number of aromatic nitrogens is 1. The molecule has 8 heteroatoms. The average Bonchev–Trinajstić information content (AvgIpc) is 2.66. The summed E-state index contributed by atoms with van der Waals surface area (Å²) < 4.78 is 28.7. The number of hydrogen-bond acceptors (Lipinski definition) is 7. The van der Waals surface area contributed by atoms with Gasteiger partial charge in [-0.1, -0.05) is 20.8 Å². The lowest BCUT2D eigenvalue weighted by Crippen LogP contribution is -2.27. The van der Waals surface area contributed by atoms with Crippen molar-refractivity contribution in [3.05, 3.63) is 0 Å². The van der Waals surface area contributed by atoms with E-state index in [1.165, 1.54) is 11.5 Å². The number of nitrogens with zero attached hydrogens (tertiary/aromatic N) is 2. The largest absolute Gasteiger partial charge is 0.382 e. The Hall–Kier alpha value is -0.470. The number of rotatable bonds is 3. The van der Waals surface area contributed by atoms with E-state index >= 15 is 0 Å². The van der Waals surface area contributed by atoms with Crippen molar-refractivity contribution >= 4 is 44.0 Å². The maximum atomic E-state index is 12.2. The first-order chi connectivity index (χ1) is 9.27. The van der Waals surface area contributed by atoms with Crippen molar-refractivity contribution in [2.24, 2.45) is 0 Å². The molecule has 20 heavy (non-hydrogen) atoms. The van der Waals surface area contributed by atoms with Crippen LogP contribution < -0.4 is 10.6 Å². The first kappa shape index (κ1) is 15.9. The third-order valence-electron chi connectivity index (χ3n) is 3.47. The highest BCUT2D eigenvalue weighted by Gasteiger charge is 2.30. The summed E-state index contributed by atoms with van der Waals surface area (Å²) in [6.45, 7) is 7.77. The normalized spacial score (nSPS) is 19.9. The van der Waals surface area contributed by atoms with Gasteiger partial charge in [0.05, 0.1) is 5.75 Å². The minimum absolute atomic E-state index is 0.0523. The lowest BCUT2D eigenvalue weighted by molar-refractivity contribution is 0.597. The predicted molar refractivity (Wildman–Crippen MR) is 87.6 cm³/mol. The van der Waals surface area contributed by atoms with E-state index in [0.29, 0.717) is 5.00 Å². The molecule has 5 nitrogen and oxygen atoms in total. The highest BCUT2D eigenvalue weighted by Crippen LogP contribution is 2.38. The summed E-state index contributed by atoms with van der Waals surface area (Å²) >= 11 is 3.12. The van der Waals surface area contributed by atoms with Gasteiger partial charge in [-0.25, -0.2) is 8.42 Å². The third-order valence-corrected chi connectivity index (χ3v) is 7.68. The molecular weight excluding hydrogens is 314 g/mol. The quantitative estimate of drug-likeness (QED) is 0.913. The van der Waals surface area contributed by atoms with Crippen LogP contribution in [0.4, 0.5) is 10.8 Å². The van der Waals surface area contributed by atoms with Crippen molar-refractivity contribution in [3.8, 4) is 0 Å². The van der Waals surface area contributed by atoms with Gasteiger partial charge in [0.1, 0.15) is 9.90 Å². The molecular formula is C12H21N3O2S3. The zero-order valence-electron chi connectivity index (χ0n) is 12.0. The maximum absolute atomic E-state index is 12.2. The summed E-state index contributed by atoms with van der Waals surface area (Å²) in [4.78, 5) is 2.35. The van der Waals surface area contributed by atoms with E-state index in [-0.39, 0.29) is 21.2 Å². The zero-order chi connectivity index (χ0) is 15.0. The van der Waals surface area contributed by atoms with E-state index in [4.69, 9.17) is 5.73 Å². The predicted octanol–water partition coefficient (Wildman–Crippen LogP) is 2.24. The van der Waals surface area contributed by atoms with Gasteiger partial charge >= 0.3 is 0 Å². The van der Waals surface area contributed by atoms with Gasteiger partial charge in [-0.05, 0) is 18.0 Å².